The number of benzene rings is 1. The van der Waals surface area contributed by atoms with Gasteiger partial charge in [0, 0.05) is 18.0 Å². The molecule has 0 spiro atoms. The van der Waals surface area contributed by atoms with Gasteiger partial charge in [-0.2, -0.15) is 0 Å². The molecule has 0 unspecified atom stereocenters. The molecule has 1 aliphatic rings. The van der Waals surface area contributed by atoms with Crippen molar-refractivity contribution in [3.05, 3.63) is 46.2 Å². The summed E-state index contributed by atoms with van der Waals surface area (Å²) in [6, 6.07) is 2.50. The normalized spacial score (nSPS) is 21.0. The van der Waals surface area contributed by atoms with Gasteiger partial charge in [-0.05, 0) is 71.1 Å². The van der Waals surface area contributed by atoms with Crippen LogP contribution in [0.15, 0.2) is 29.0 Å². The molecule has 1 aliphatic carbocycles. The van der Waals surface area contributed by atoms with Gasteiger partial charge in [-0.3, -0.25) is 0 Å². The second-order valence-electron chi connectivity index (χ2n) is 6.60. The lowest BCUT2D eigenvalue weighted by molar-refractivity contribution is 0.308. The lowest BCUT2D eigenvalue weighted by atomic mass is 9.78. The molecule has 24 heavy (non-hydrogen) atoms. The molecule has 0 aliphatic heterocycles. The molecule has 0 N–H and O–H groups in total. The fraction of sp³-hybridized carbons (Fsp3) is 0.474. The van der Waals surface area contributed by atoms with E-state index in [1.165, 1.54) is 50.7 Å². The first-order valence-corrected chi connectivity index (χ1v) is 9.34. The largest absolute Gasteiger partial charge is 0.236 e. The SMILES string of the molecule is CCCC1CCC(c2cnc(-c3cc(F)c(Br)c(F)c3)nc2)CC1. The Balaban J connectivity index is 1.72. The summed E-state index contributed by atoms with van der Waals surface area (Å²) in [6.07, 6.45) is 11.1. The van der Waals surface area contributed by atoms with Gasteiger partial charge in [0.05, 0.1) is 4.47 Å². The first-order chi connectivity index (χ1) is 11.6. The Morgan fingerprint density at radius 1 is 1.04 bits per heavy atom. The van der Waals surface area contributed by atoms with E-state index in [-0.39, 0.29) is 4.47 Å². The van der Waals surface area contributed by atoms with E-state index in [1.807, 2.05) is 12.4 Å². The number of halogens is 3. The third-order valence-corrected chi connectivity index (χ3v) is 5.69. The second kappa shape index (κ2) is 7.68. The number of rotatable bonds is 4. The first-order valence-electron chi connectivity index (χ1n) is 8.55. The molecule has 1 heterocycles. The van der Waals surface area contributed by atoms with Crippen LogP contribution in [-0.2, 0) is 0 Å². The van der Waals surface area contributed by atoms with Gasteiger partial charge in [-0.15, -0.1) is 0 Å². The highest BCUT2D eigenvalue weighted by atomic mass is 79.9. The molecule has 0 atom stereocenters. The van der Waals surface area contributed by atoms with E-state index in [0.29, 0.717) is 17.3 Å². The Kier molecular flexibility index (Phi) is 5.59. The number of hydrogen-bond donors (Lipinski definition) is 0. The fourth-order valence-electron chi connectivity index (χ4n) is 3.58. The average molecular weight is 395 g/mol. The molecule has 2 aromatic rings. The lowest BCUT2D eigenvalue weighted by Gasteiger charge is -2.28. The van der Waals surface area contributed by atoms with Crippen molar-refractivity contribution in [1.29, 1.82) is 0 Å². The quantitative estimate of drug-likeness (QED) is 0.571. The Morgan fingerprint density at radius 2 is 1.62 bits per heavy atom. The molecule has 1 saturated carbocycles. The Labute approximate surface area is 149 Å². The third kappa shape index (κ3) is 3.82. The van der Waals surface area contributed by atoms with E-state index in [4.69, 9.17) is 0 Å². The molecule has 1 fully saturated rings. The van der Waals surface area contributed by atoms with E-state index in [2.05, 4.69) is 32.8 Å². The standard InChI is InChI=1S/C19H21BrF2N2/c1-2-3-12-4-6-13(7-5-12)15-10-23-19(24-11-15)14-8-16(21)18(20)17(22)9-14/h8-13H,2-7H2,1H3. The molecule has 1 aromatic carbocycles. The van der Waals surface area contributed by atoms with E-state index < -0.39 is 11.6 Å². The van der Waals surface area contributed by atoms with Crippen molar-refractivity contribution in [1.82, 2.24) is 9.97 Å². The van der Waals surface area contributed by atoms with Gasteiger partial charge in [0.25, 0.3) is 0 Å². The topological polar surface area (TPSA) is 25.8 Å². The summed E-state index contributed by atoms with van der Waals surface area (Å²) in [6.45, 7) is 2.24. The predicted octanol–water partition coefficient (Wildman–Crippen LogP) is 6.26. The number of aromatic nitrogens is 2. The fourth-order valence-corrected chi connectivity index (χ4v) is 3.80. The Morgan fingerprint density at radius 3 is 2.17 bits per heavy atom. The van der Waals surface area contributed by atoms with Gasteiger partial charge in [-0.25, -0.2) is 18.7 Å². The molecule has 0 radical (unpaired) electrons. The summed E-state index contributed by atoms with van der Waals surface area (Å²) < 4.78 is 27.1. The number of nitrogens with zero attached hydrogens (tertiary/aromatic N) is 2. The van der Waals surface area contributed by atoms with Gasteiger partial charge >= 0.3 is 0 Å². The zero-order chi connectivity index (χ0) is 17.1. The van der Waals surface area contributed by atoms with Crippen molar-refractivity contribution in [3.63, 3.8) is 0 Å². The molecule has 0 amide bonds. The molecule has 1 aromatic heterocycles. The highest BCUT2D eigenvalue weighted by Gasteiger charge is 2.22. The monoisotopic (exact) mass is 394 g/mol. The van der Waals surface area contributed by atoms with Crippen LogP contribution in [0.2, 0.25) is 0 Å². The molecule has 3 rings (SSSR count). The molecule has 5 heteroatoms. The molecular formula is C19H21BrF2N2. The van der Waals surface area contributed by atoms with E-state index in [1.54, 1.807) is 0 Å². The van der Waals surface area contributed by atoms with Crippen molar-refractivity contribution in [2.75, 3.05) is 0 Å². The van der Waals surface area contributed by atoms with Crippen molar-refractivity contribution in [3.8, 4) is 11.4 Å². The van der Waals surface area contributed by atoms with Crippen LogP contribution in [0.5, 0.6) is 0 Å². The third-order valence-electron chi connectivity index (χ3n) is 4.93. The Hall–Kier alpha value is -1.36. The van der Waals surface area contributed by atoms with Crippen LogP contribution < -0.4 is 0 Å². The van der Waals surface area contributed by atoms with Crippen molar-refractivity contribution < 1.29 is 8.78 Å². The summed E-state index contributed by atoms with van der Waals surface area (Å²) in [5, 5.41) is 0. The number of hydrogen-bond acceptors (Lipinski definition) is 2. The van der Waals surface area contributed by atoms with Crippen LogP contribution in [0.4, 0.5) is 8.78 Å². The summed E-state index contributed by atoms with van der Waals surface area (Å²) in [4.78, 5) is 8.66. The second-order valence-corrected chi connectivity index (χ2v) is 7.39. The molecule has 0 bridgehead atoms. The molecule has 2 nitrogen and oxygen atoms in total. The molecule has 0 saturated heterocycles. The van der Waals surface area contributed by atoms with Crippen LogP contribution in [0.3, 0.4) is 0 Å². The van der Waals surface area contributed by atoms with E-state index in [0.717, 1.165) is 11.5 Å². The van der Waals surface area contributed by atoms with Crippen LogP contribution in [0, 0.1) is 17.6 Å². The molecular weight excluding hydrogens is 374 g/mol. The molecule has 128 valence electrons. The van der Waals surface area contributed by atoms with Gasteiger partial charge in [0.2, 0.25) is 0 Å². The van der Waals surface area contributed by atoms with E-state index in [9.17, 15) is 8.78 Å². The summed E-state index contributed by atoms with van der Waals surface area (Å²) in [5.41, 5.74) is 1.48. The van der Waals surface area contributed by atoms with Crippen LogP contribution >= 0.6 is 15.9 Å². The summed E-state index contributed by atoms with van der Waals surface area (Å²) in [7, 11) is 0. The predicted molar refractivity (Wildman–Crippen MR) is 94.7 cm³/mol. The summed E-state index contributed by atoms with van der Waals surface area (Å²) >= 11 is 2.87. The summed E-state index contributed by atoms with van der Waals surface area (Å²) in [5.74, 6) is 0.424. The van der Waals surface area contributed by atoms with Crippen LogP contribution in [-0.4, -0.2) is 9.97 Å². The van der Waals surface area contributed by atoms with Gasteiger partial charge in [0.1, 0.15) is 11.6 Å². The van der Waals surface area contributed by atoms with Crippen molar-refractivity contribution in [2.24, 2.45) is 5.92 Å². The minimum Gasteiger partial charge on any atom is -0.236 e. The minimum absolute atomic E-state index is 0.160. The lowest BCUT2D eigenvalue weighted by Crippen LogP contribution is -2.13. The zero-order valence-electron chi connectivity index (χ0n) is 13.7. The van der Waals surface area contributed by atoms with Gasteiger partial charge in [0.15, 0.2) is 5.82 Å². The first kappa shape index (κ1) is 17.5. The van der Waals surface area contributed by atoms with Crippen LogP contribution in [0.25, 0.3) is 11.4 Å². The maximum Gasteiger partial charge on any atom is 0.159 e. The minimum atomic E-state index is -0.646. The van der Waals surface area contributed by atoms with Gasteiger partial charge in [-0.1, -0.05) is 19.8 Å². The van der Waals surface area contributed by atoms with Crippen LogP contribution in [0.1, 0.15) is 56.9 Å². The Bertz CT molecular complexity index is 672. The highest BCUT2D eigenvalue weighted by molar-refractivity contribution is 9.10. The average Bonchev–Trinajstić information content (AvgIpc) is 2.60. The van der Waals surface area contributed by atoms with E-state index >= 15 is 0 Å². The maximum absolute atomic E-state index is 13.7. The zero-order valence-corrected chi connectivity index (χ0v) is 15.3. The maximum atomic E-state index is 13.7. The highest BCUT2D eigenvalue weighted by Crippen LogP contribution is 2.37. The van der Waals surface area contributed by atoms with Crippen molar-refractivity contribution >= 4 is 15.9 Å². The van der Waals surface area contributed by atoms with Crippen molar-refractivity contribution in [2.45, 2.75) is 51.4 Å². The van der Waals surface area contributed by atoms with Gasteiger partial charge < -0.3 is 0 Å². The smallest absolute Gasteiger partial charge is 0.159 e.